The Morgan fingerprint density at radius 3 is 2.19 bits per heavy atom. The predicted molar refractivity (Wildman–Crippen MR) is 94.6 cm³/mol. The van der Waals surface area contributed by atoms with Gasteiger partial charge in [-0.1, -0.05) is 44.2 Å². The highest BCUT2D eigenvalue weighted by Gasteiger charge is 2.25. The molecule has 0 fully saturated rings. The summed E-state index contributed by atoms with van der Waals surface area (Å²) in [4.78, 5) is 35.7. The number of nitrogens with one attached hydrogen (secondary N) is 1. The van der Waals surface area contributed by atoms with E-state index in [-0.39, 0.29) is 31.8 Å². The minimum atomic E-state index is -1.69. The summed E-state index contributed by atoms with van der Waals surface area (Å²) in [5.74, 6) is -2.31. The van der Waals surface area contributed by atoms with Crippen molar-refractivity contribution in [3.8, 4) is 0 Å². The third kappa shape index (κ3) is 7.52. The lowest BCUT2D eigenvalue weighted by molar-refractivity contribution is -0.147. The fourth-order valence-corrected chi connectivity index (χ4v) is 2.48. The first kappa shape index (κ1) is 21.4. The van der Waals surface area contributed by atoms with Gasteiger partial charge in [-0.2, -0.15) is 0 Å². The van der Waals surface area contributed by atoms with E-state index in [0.29, 0.717) is 0 Å². The Kier molecular flexibility index (Phi) is 8.57. The molecule has 0 heterocycles. The van der Waals surface area contributed by atoms with Crippen molar-refractivity contribution in [2.45, 2.75) is 38.8 Å². The Bertz CT molecular complexity index is 605. The zero-order chi connectivity index (χ0) is 19.7. The van der Waals surface area contributed by atoms with Gasteiger partial charge in [-0.15, -0.1) is 0 Å². The van der Waals surface area contributed by atoms with Gasteiger partial charge in [0.2, 0.25) is 0 Å². The van der Waals surface area contributed by atoms with Crippen LogP contribution in [-0.2, 0) is 9.59 Å². The van der Waals surface area contributed by atoms with E-state index in [9.17, 15) is 19.5 Å². The fraction of sp³-hybridized carbons (Fsp3) is 0.500. The van der Waals surface area contributed by atoms with Crippen LogP contribution in [0.3, 0.4) is 0 Å². The van der Waals surface area contributed by atoms with E-state index >= 15 is 0 Å². The van der Waals surface area contributed by atoms with Crippen LogP contribution in [-0.4, -0.2) is 57.4 Å². The molecule has 1 aromatic carbocycles. The van der Waals surface area contributed by atoms with E-state index < -0.39 is 30.1 Å². The summed E-state index contributed by atoms with van der Waals surface area (Å²) in [6.45, 7) is 3.65. The van der Waals surface area contributed by atoms with Crippen LogP contribution in [0.25, 0.3) is 0 Å². The number of hydrogen-bond acceptors (Lipinski definition) is 4. The first-order valence-electron chi connectivity index (χ1n) is 8.43. The molecule has 0 aliphatic rings. The number of amides is 2. The monoisotopic (exact) mass is 366 g/mol. The molecule has 8 nitrogen and oxygen atoms in total. The second-order valence-electron chi connectivity index (χ2n) is 6.50. The third-order valence-corrected chi connectivity index (χ3v) is 3.70. The number of nitrogens with zero attached hydrogens (tertiary/aromatic N) is 1. The van der Waals surface area contributed by atoms with Crippen molar-refractivity contribution in [1.82, 2.24) is 10.2 Å². The van der Waals surface area contributed by atoms with E-state index in [1.54, 1.807) is 24.3 Å². The number of carboxylic acids is 2. The summed E-state index contributed by atoms with van der Waals surface area (Å²) in [6.07, 6.45) is -1.61. The van der Waals surface area contributed by atoms with E-state index in [4.69, 9.17) is 10.2 Å². The van der Waals surface area contributed by atoms with Gasteiger partial charge in [0.05, 0.1) is 12.6 Å². The minimum absolute atomic E-state index is 0.0657. The van der Waals surface area contributed by atoms with Crippen molar-refractivity contribution in [2.24, 2.45) is 5.92 Å². The molecule has 0 aliphatic carbocycles. The van der Waals surface area contributed by atoms with Crippen LogP contribution in [0.15, 0.2) is 30.3 Å². The minimum Gasteiger partial charge on any atom is -0.481 e. The average molecular weight is 366 g/mol. The van der Waals surface area contributed by atoms with Gasteiger partial charge in [0, 0.05) is 13.0 Å². The van der Waals surface area contributed by atoms with Crippen molar-refractivity contribution in [2.75, 3.05) is 13.1 Å². The number of benzene rings is 1. The quantitative estimate of drug-likeness (QED) is 0.499. The second kappa shape index (κ2) is 10.4. The molecular formula is C18H26N2O6. The highest BCUT2D eigenvalue weighted by atomic mass is 16.4. The van der Waals surface area contributed by atoms with Crippen molar-refractivity contribution < 1.29 is 29.7 Å². The van der Waals surface area contributed by atoms with Gasteiger partial charge in [0.25, 0.3) is 0 Å². The van der Waals surface area contributed by atoms with Crippen molar-refractivity contribution in [3.63, 3.8) is 0 Å². The van der Waals surface area contributed by atoms with Crippen LogP contribution in [0, 0.1) is 5.92 Å². The average Bonchev–Trinajstić information content (AvgIpc) is 2.57. The Morgan fingerprint density at radius 1 is 1.08 bits per heavy atom. The van der Waals surface area contributed by atoms with Crippen LogP contribution in [0.1, 0.15) is 38.3 Å². The van der Waals surface area contributed by atoms with Gasteiger partial charge < -0.3 is 25.5 Å². The number of carboxylic acid groups (broad SMARTS) is 2. The Balaban J connectivity index is 2.91. The number of carbonyl (C=O) groups excluding carboxylic acids is 1. The Labute approximate surface area is 152 Å². The molecular weight excluding hydrogens is 340 g/mol. The van der Waals surface area contributed by atoms with E-state index in [1.807, 2.05) is 19.9 Å². The maximum Gasteiger partial charge on any atom is 0.334 e. The number of aliphatic hydroxyl groups is 1. The SMILES string of the molecule is CC(C)CN(CC(O)C(=O)O)C(=O)NC(CCC(=O)O)c1ccccc1. The molecule has 2 atom stereocenters. The number of rotatable bonds is 10. The molecule has 0 saturated carbocycles. The summed E-state index contributed by atoms with van der Waals surface area (Å²) in [5.41, 5.74) is 0.755. The molecule has 2 unspecified atom stereocenters. The van der Waals surface area contributed by atoms with Crippen LogP contribution < -0.4 is 5.32 Å². The van der Waals surface area contributed by atoms with E-state index in [2.05, 4.69) is 5.32 Å². The van der Waals surface area contributed by atoms with Gasteiger partial charge in [0.1, 0.15) is 0 Å². The molecule has 0 radical (unpaired) electrons. The topological polar surface area (TPSA) is 127 Å². The van der Waals surface area contributed by atoms with Crippen LogP contribution in [0.2, 0.25) is 0 Å². The van der Waals surface area contributed by atoms with Crippen LogP contribution in [0.5, 0.6) is 0 Å². The summed E-state index contributed by atoms with van der Waals surface area (Å²) in [7, 11) is 0. The molecule has 1 aromatic rings. The van der Waals surface area contributed by atoms with Gasteiger partial charge in [-0.25, -0.2) is 9.59 Å². The highest BCUT2D eigenvalue weighted by Crippen LogP contribution is 2.19. The van der Waals surface area contributed by atoms with E-state index in [1.165, 1.54) is 4.90 Å². The molecule has 4 N–H and O–H groups in total. The van der Waals surface area contributed by atoms with E-state index in [0.717, 1.165) is 5.56 Å². The molecule has 0 aromatic heterocycles. The molecule has 1 rings (SSSR count). The molecule has 144 valence electrons. The summed E-state index contributed by atoms with van der Waals surface area (Å²) < 4.78 is 0. The van der Waals surface area contributed by atoms with Crippen molar-refractivity contribution in [1.29, 1.82) is 0 Å². The normalized spacial score (nSPS) is 13.1. The first-order chi connectivity index (χ1) is 12.2. The standard InChI is InChI=1S/C18H26N2O6/c1-12(2)10-20(11-15(21)17(24)25)18(26)19-14(8-9-16(22)23)13-6-4-3-5-7-13/h3-7,12,14-15,21H,8-11H2,1-2H3,(H,19,26)(H,22,23)(H,24,25). The lowest BCUT2D eigenvalue weighted by Gasteiger charge is -2.28. The lowest BCUT2D eigenvalue weighted by atomic mass is 10.0. The summed E-state index contributed by atoms with van der Waals surface area (Å²) in [5, 5.41) is 30.2. The maximum atomic E-state index is 12.6. The Morgan fingerprint density at radius 2 is 1.69 bits per heavy atom. The maximum absolute atomic E-state index is 12.6. The van der Waals surface area contributed by atoms with Crippen LogP contribution >= 0.6 is 0 Å². The van der Waals surface area contributed by atoms with Crippen molar-refractivity contribution >= 4 is 18.0 Å². The zero-order valence-electron chi connectivity index (χ0n) is 15.0. The molecule has 0 spiro atoms. The third-order valence-electron chi connectivity index (χ3n) is 3.70. The first-order valence-corrected chi connectivity index (χ1v) is 8.43. The molecule has 0 bridgehead atoms. The predicted octanol–water partition coefficient (Wildman–Crippen LogP) is 1.71. The van der Waals surface area contributed by atoms with Gasteiger partial charge in [0.15, 0.2) is 6.10 Å². The second-order valence-corrected chi connectivity index (χ2v) is 6.50. The molecule has 26 heavy (non-hydrogen) atoms. The summed E-state index contributed by atoms with van der Waals surface area (Å²) in [6, 6.07) is 7.88. The van der Waals surface area contributed by atoms with Crippen LogP contribution in [0.4, 0.5) is 4.79 Å². The number of urea groups is 1. The molecule has 0 saturated heterocycles. The molecule has 0 aliphatic heterocycles. The van der Waals surface area contributed by atoms with Gasteiger partial charge in [-0.05, 0) is 17.9 Å². The lowest BCUT2D eigenvalue weighted by Crippen LogP contribution is -2.48. The van der Waals surface area contributed by atoms with Gasteiger partial charge >= 0.3 is 18.0 Å². The zero-order valence-corrected chi connectivity index (χ0v) is 15.0. The number of carbonyl (C=O) groups is 3. The highest BCUT2D eigenvalue weighted by molar-refractivity contribution is 5.77. The van der Waals surface area contributed by atoms with Gasteiger partial charge in [-0.3, -0.25) is 4.79 Å². The molecule has 8 heteroatoms. The smallest absolute Gasteiger partial charge is 0.334 e. The number of hydrogen-bond donors (Lipinski definition) is 4. The number of aliphatic carboxylic acids is 2. The number of aliphatic hydroxyl groups excluding tert-OH is 1. The Hall–Kier alpha value is -2.61. The van der Waals surface area contributed by atoms with Crippen molar-refractivity contribution in [3.05, 3.63) is 35.9 Å². The fourth-order valence-electron chi connectivity index (χ4n) is 2.48. The molecule has 2 amide bonds. The summed E-state index contributed by atoms with van der Waals surface area (Å²) >= 11 is 0. The largest absolute Gasteiger partial charge is 0.481 e.